The van der Waals surface area contributed by atoms with Crippen molar-refractivity contribution < 1.29 is 19.1 Å². The lowest BCUT2D eigenvalue weighted by atomic mass is 10.0. The normalized spacial score (nSPS) is 11.9. The van der Waals surface area contributed by atoms with E-state index in [1.54, 1.807) is 25.3 Å². The van der Waals surface area contributed by atoms with Crippen LogP contribution in [0.15, 0.2) is 18.2 Å². The molecule has 1 rings (SSSR count). The van der Waals surface area contributed by atoms with Crippen LogP contribution in [0.2, 0.25) is 0 Å². The van der Waals surface area contributed by atoms with Crippen molar-refractivity contribution >= 4 is 11.7 Å². The molecule has 1 atom stereocenters. The van der Waals surface area contributed by atoms with Gasteiger partial charge in [0.05, 0.1) is 14.2 Å². The fraction of sp³-hybridized carbons (Fsp3) is 0.579. The van der Waals surface area contributed by atoms with Crippen molar-refractivity contribution in [3.05, 3.63) is 23.8 Å². The lowest BCUT2D eigenvalue weighted by Gasteiger charge is -2.15. The van der Waals surface area contributed by atoms with Gasteiger partial charge in [-0.25, -0.2) is 0 Å². The monoisotopic (exact) mass is 335 g/mol. The van der Waals surface area contributed by atoms with E-state index in [1.807, 2.05) is 6.92 Å². The Morgan fingerprint density at radius 2 is 1.67 bits per heavy atom. The molecule has 1 aromatic rings. The highest BCUT2D eigenvalue weighted by Gasteiger charge is 2.14. The molecule has 1 N–H and O–H groups in total. The van der Waals surface area contributed by atoms with Gasteiger partial charge in [0.2, 0.25) is 5.91 Å². The Morgan fingerprint density at radius 3 is 2.25 bits per heavy atom. The zero-order valence-corrected chi connectivity index (χ0v) is 15.3. The molecular weight excluding hydrogens is 306 g/mol. The maximum atomic E-state index is 12.2. The van der Waals surface area contributed by atoms with Gasteiger partial charge in [-0.15, -0.1) is 0 Å². The quantitative estimate of drug-likeness (QED) is 0.663. The van der Waals surface area contributed by atoms with Gasteiger partial charge in [-0.1, -0.05) is 13.8 Å². The van der Waals surface area contributed by atoms with Crippen LogP contribution >= 0.6 is 0 Å². The molecule has 0 aromatic heterocycles. The van der Waals surface area contributed by atoms with Crippen molar-refractivity contribution in [1.82, 2.24) is 5.32 Å². The third-order valence-electron chi connectivity index (χ3n) is 3.87. The molecule has 0 heterocycles. The van der Waals surface area contributed by atoms with Crippen molar-refractivity contribution in [2.24, 2.45) is 5.92 Å². The standard InChI is InChI=1S/C19H29NO4/c1-13(2)6-7-14(3)20-19(22)11-9-16(21)15-8-10-17(23-4)18(12-15)24-5/h8,10,12-14H,6-7,9,11H2,1-5H3,(H,20,22)/t14-/m0/s1. The molecule has 5 nitrogen and oxygen atoms in total. The van der Waals surface area contributed by atoms with Crippen LogP contribution in [-0.2, 0) is 4.79 Å². The summed E-state index contributed by atoms with van der Waals surface area (Å²) in [5.74, 6) is 1.54. The summed E-state index contributed by atoms with van der Waals surface area (Å²) in [5, 5.41) is 2.95. The smallest absolute Gasteiger partial charge is 0.220 e. The molecule has 0 radical (unpaired) electrons. The SMILES string of the molecule is COc1ccc(C(=O)CCC(=O)N[C@@H](C)CCC(C)C)cc1OC. The van der Waals surface area contributed by atoms with E-state index in [2.05, 4.69) is 19.2 Å². The van der Waals surface area contributed by atoms with Gasteiger partial charge in [0.25, 0.3) is 0 Å². The second-order valence-electron chi connectivity index (χ2n) is 6.43. The van der Waals surface area contributed by atoms with Crippen molar-refractivity contribution in [3.63, 3.8) is 0 Å². The Kier molecular flexibility index (Phi) is 8.30. The minimum Gasteiger partial charge on any atom is -0.493 e. The van der Waals surface area contributed by atoms with Crippen molar-refractivity contribution in [2.45, 2.75) is 52.5 Å². The second-order valence-corrected chi connectivity index (χ2v) is 6.43. The molecule has 0 aliphatic rings. The maximum absolute atomic E-state index is 12.2. The van der Waals surface area contributed by atoms with Crippen molar-refractivity contribution in [2.75, 3.05) is 14.2 Å². The van der Waals surface area contributed by atoms with Gasteiger partial charge >= 0.3 is 0 Å². The number of amides is 1. The first-order chi connectivity index (χ1) is 11.4. The van der Waals surface area contributed by atoms with Gasteiger partial charge in [0.1, 0.15) is 0 Å². The summed E-state index contributed by atoms with van der Waals surface area (Å²) in [7, 11) is 3.07. The number of rotatable bonds is 10. The van der Waals surface area contributed by atoms with E-state index < -0.39 is 0 Å². The topological polar surface area (TPSA) is 64.6 Å². The number of Topliss-reactive ketones (excluding diaryl/α,β-unsaturated/α-hetero) is 1. The molecule has 134 valence electrons. The number of hydrogen-bond donors (Lipinski definition) is 1. The summed E-state index contributed by atoms with van der Waals surface area (Å²) < 4.78 is 10.3. The zero-order chi connectivity index (χ0) is 18.1. The molecule has 0 aliphatic carbocycles. The van der Waals surface area contributed by atoms with Gasteiger partial charge in [-0.2, -0.15) is 0 Å². The lowest BCUT2D eigenvalue weighted by Crippen LogP contribution is -2.32. The van der Waals surface area contributed by atoms with E-state index in [9.17, 15) is 9.59 Å². The third-order valence-corrected chi connectivity index (χ3v) is 3.87. The summed E-state index contributed by atoms with van der Waals surface area (Å²) in [5.41, 5.74) is 0.522. The van der Waals surface area contributed by atoms with Crippen LogP contribution in [-0.4, -0.2) is 32.0 Å². The molecule has 0 spiro atoms. The van der Waals surface area contributed by atoms with E-state index in [4.69, 9.17) is 9.47 Å². The fourth-order valence-corrected chi connectivity index (χ4v) is 2.38. The molecule has 0 saturated heterocycles. The maximum Gasteiger partial charge on any atom is 0.220 e. The first-order valence-electron chi connectivity index (χ1n) is 8.42. The van der Waals surface area contributed by atoms with E-state index in [0.29, 0.717) is 23.0 Å². The average Bonchev–Trinajstić information content (AvgIpc) is 2.57. The second kappa shape index (κ2) is 9.96. The van der Waals surface area contributed by atoms with Gasteiger partial charge in [0.15, 0.2) is 17.3 Å². The summed E-state index contributed by atoms with van der Waals surface area (Å²) >= 11 is 0. The van der Waals surface area contributed by atoms with Gasteiger partial charge in [-0.05, 0) is 43.9 Å². The van der Waals surface area contributed by atoms with E-state index in [0.717, 1.165) is 12.8 Å². The lowest BCUT2D eigenvalue weighted by molar-refractivity contribution is -0.121. The highest BCUT2D eigenvalue weighted by atomic mass is 16.5. The van der Waals surface area contributed by atoms with Gasteiger partial charge < -0.3 is 14.8 Å². The molecule has 0 bridgehead atoms. The molecule has 0 aliphatic heterocycles. The number of carbonyl (C=O) groups is 2. The number of methoxy groups -OCH3 is 2. The minimum atomic E-state index is -0.0833. The van der Waals surface area contributed by atoms with Crippen molar-refractivity contribution in [1.29, 1.82) is 0 Å². The summed E-state index contributed by atoms with van der Waals surface area (Å²) in [6, 6.07) is 5.16. The highest BCUT2D eigenvalue weighted by Crippen LogP contribution is 2.28. The van der Waals surface area contributed by atoms with Gasteiger partial charge in [0, 0.05) is 24.4 Å². The molecule has 1 aromatic carbocycles. The van der Waals surface area contributed by atoms with Crippen molar-refractivity contribution in [3.8, 4) is 11.5 Å². The third kappa shape index (κ3) is 6.60. The van der Waals surface area contributed by atoms with Crippen LogP contribution in [0.4, 0.5) is 0 Å². The van der Waals surface area contributed by atoms with Crippen LogP contribution in [0.5, 0.6) is 11.5 Å². The Labute approximate surface area is 144 Å². The Bertz CT molecular complexity index is 554. The van der Waals surface area contributed by atoms with Crippen LogP contribution in [0, 0.1) is 5.92 Å². The molecule has 24 heavy (non-hydrogen) atoms. The van der Waals surface area contributed by atoms with E-state index in [1.165, 1.54) is 7.11 Å². The Morgan fingerprint density at radius 1 is 1.00 bits per heavy atom. The predicted molar refractivity (Wildman–Crippen MR) is 94.8 cm³/mol. The molecule has 0 fully saturated rings. The number of carbonyl (C=O) groups excluding carboxylic acids is 2. The molecule has 5 heteroatoms. The fourth-order valence-electron chi connectivity index (χ4n) is 2.38. The molecule has 0 unspecified atom stereocenters. The zero-order valence-electron chi connectivity index (χ0n) is 15.3. The number of benzene rings is 1. The van der Waals surface area contributed by atoms with Crippen LogP contribution < -0.4 is 14.8 Å². The number of ketones is 1. The first-order valence-corrected chi connectivity index (χ1v) is 8.42. The summed E-state index contributed by atoms with van der Waals surface area (Å²) in [6.07, 6.45) is 2.40. The highest BCUT2D eigenvalue weighted by molar-refractivity contribution is 5.98. The van der Waals surface area contributed by atoms with Crippen LogP contribution in [0.25, 0.3) is 0 Å². The number of nitrogens with one attached hydrogen (secondary N) is 1. The first kappa shape index (κ1) is 20.0. The molecule has 1 amide bonds. The van der Waals surface area contributed by atoms with Crippen LogP contribution in [0.1, 0.15) is 56.8 Å². The predicted octanol–water partition coefficient (Wildman–Crippen LogP) is 3.61. The number of hydrogen-bond acceptors (Lipinski definition) is 4. The Balaban J connectivity index is 2.49. The minimum absolute atomic E-state index is 0.0825. The summed E-state index contributed by atoms with van der Waals surface area (Å²) in [4.78, 5) is 24.2. The average molecular weight is 335 g/mol. The number of ether oxygens (including phenoxy) is 2. The summed E-state index contributed by atoms with van der Waals surface area (Å²) in [6.45, 7) is 6.32. The van der Waals surface area contributed by atoms with Crippen LogP contribution in [0.3, 0.4) is 0 Å². The van der Waals surface area contributed by atoms with Gasteiger partial charge in [-0.3, -0.25) is 9.59 Å². The van der Waals surface area contributed by atoms with E-state index in [-0.39, 0.29) is 30.6 Å². The Hall–Kier alpha value is -2.04. The molecule has 0 saturated carbocycles. The largest absolute Gasteiger partial charge is 0.493 e. The molecular formula is C19H29NO4. The van der Waals surface area contributed by atoms with E-state index >= 15 is 0 Å².